The molecule has 152 valence electrons. The van der Waals surface area contributed by atoms with Crippen LogP contribution < -0.4 is 71.0 Å². The van der Waals surface area contributed by atoms with Crippen LogP contribution in [0.2, 0.25) is 0 Å². The van der Waals surface area contributed by atoms with Crippen molar-refractivity contribution in [1.82, 2.24) is 6.15 Å². The Kier molecular flexibility index (Phi) is 46.5. The number of hydrogen-bond donors (Lipinski definition) is 4. The van der Waals surface area contributed by atoms with Crippen LogP contribution in [0.5, 0.6) is 0 Å². The van der Waals surface area contributed by atoms with Gasteiger partial charge in [-0.2, -0.15) is 8.42 Å². The van der Waals surface area contributed by atoms with Crippen molar-refractivity contribution in [3.05, 3.63) is 0 Å². The van der Waals surface area contributed by atoms with Gasteiger partial charge in [-0.1, -0.05) is 64.7 Å². The Bertz CT molecular complexity index is 381. The first-order valence-corrected chi connectivity index (χ1v) is 10.2. The first-order chi connectivity index (χ1) is 10.4. The summed E-state index contributed by atoms with van der Waals surface area (Å²) in [6, 6.07) is 0. The Balaban J connectivity index is -0.0000000652. The second-order valence-electron chi connectivity index (χ2n) is 4.83. The maximum absolute atomic E-state index is 8.74. The Morgan fingerprint density at radius 2 is 0.923 bits per heavy atom. The van der Waals surface area contributed by atoms with Crippen molar-refractivity contribution in [1.29, 1.82) is 0 Å². The molecule has 0 aromatic heterocycles. The third-order valence-electron chi connectivity index (χ3n) is 2.56. The molecule has 0 fully saturated rings. The molecule has 0 heterocycles. The fraction of sp³-hybridized carbons (Fsp3) is 1.00. The van der Waals surface area contributed by atoms with E-state index >= 15 is 0 Å². The molecule has 0 aromatic rings. The minimum Gasteiger partial charge on any atom is -0.759 e. The van der Waals surface area contributed by atoms with Crippen LogP contribution in [0.25, 0.3) is 0 Å². The summed E-state index contributed by atoms with van der Waals surface area (Å²) in [4.78, 5) is 0. The molecule has 0 atom stereocenters. The van der Waals surface area contributed by atoms with Gasteiger partial charge in [-0.05, 0) is 13.0 Å². The number of hydrogen-bond acceptors (Lipinski definition) is 8. The molecule has 0 saturated carbocycles. The molecule has 0 unspecified atom stereocenters. The van der Waals surface area contributed by atoms with E-state index in [0.717, 1.165) is 6.54 Å². The van der Waals surface area contributed by atoms with Crippen molar-refractivity contribution < 1.29 is 94.2 Å². The van der Waals surface area contributed by atoms with Crippen molar-refractivity contribution in [2.75, 3.05) is 6.54 Å². The molecule has 0 bridgehead atoms. The Morgan fingerprint density at radius 1 is 0.731 bits per heavy atom. The van der Waals surface area contributed by atoms with E-state index in [1.807, 2.05) is 0 Å². The van der Waals surface area contributed by atoms with Gasteiger partial charge in [0.15, 0.2) is 0 Å². The van der Waals surface area contributed by atoms with E-state index < -0.39 is 20.8 Å². The first-order valence-electron chi connectivity index (χ1n) is 7.48. The second-order valence-corrected chi connectivity index (χ2v) is 6.54. The molecular formula is C12H32N2Na2O8S2. The number of rotatable bonds is 10. The summed E-state index contributed by atoms with van der Waals surface area (Å²) in [5.74, 6) is 0. The molecule has 10 nitrogen and oxygen atoms in total. The Hall–Kier alpha value is 1.66. The number of nitrogens with two attached hydrogens (primary N) is 1. The molecule has 0 radical (unpaired) electrons. The van der Waals surface area contributed by atoms with Crippen LogP contribution in [0.3, 0.4) is 0 Å². The maximum atomic E-state index is 8.74. The maximum Gasteiger partial charge on any atom is 1.00 e. The zero-order valence-electron chi connectivity index (χ0n) is 16.2. The van der Waals surface area contributed by atoms with Gasteiger partial charge in [0.25, 0.3) is 0 Å². The molecule has 14 heteroatoms. The van der Waals surface area contributed by atoms with Crippen molar-refractivity contribution in [3.63, 3.8) is 0 Å². The molecule has 0 aliphatic heterocycles. The van der Waals surface area contributed by atoms with Gasteiger partial charge in [0.2, 0.25) is 0 Å². The van der Waals surface area contributed by atoms with E-state index in [-0.39, 0.29) is 65.3 Å². The van der Waals surface area contributed by atoms with Gasteiger partial charge >= 0.3 is 69.5 Å². The van der Waals surface area contributed by atoms with E-state index in [4.69, 9.17) is 40.8 Å². The monoisotopic (exact) mass is 442 g/mol. The fourth-order valence-electron chi connectivity index (χ4n) is 1.63. The van der Waals surface area contributed by atoms with Crippen molar-refractivity contribution in [2.45, 2.75) is 71.1 Å². The van der Waals surface area contributed by atoms with Crippen LogP contribution in [0, 0.1) is 0 Å². The standard InChI is InChI=1S/C12H27N.H3N.2Na.2H2O4S/c1-2-3-4-5-6-7-8-9-10-11-12-13;;;;2*1-5(2,3)4/h2-13H2,1H3;1H3;;;2*(H2,1,2,3,4)/q;;2*+1;;/p-2. The summed E-state index contributed by atoms with van der Waals surface area (Å²) in [6.45, 7) is 3.14. The summed E-state index contributed by atoms with van der Waals surface area (Å²) in [7, 11) is -9.83. The Labute approximate surface area is 202 Å². The van der Waals surface area contributed by atoms with Crippen LogP contribution in [0.1, 0.15) is 71.1 Å². The van der Waals surface area contributed by atoms with Crippen LogP contribution >= 0.6 is 0 Å². The summed E-state index contributed by atoms with van der Waals surface area (Å²) in [6.07, 6.45) is 13.9. The second kappa shape index (κ2) is 28.9. The molecule has 0 aliphatic rings. The van der Waals surface area contributed by atoms with Crippen molar-refractivity contribution in [2.24, 2.45) is 5.73 Å². The largest absolute Gasteiger partial charge is 1.00 e. The minimum atomic E-state index is -5.17. The van der Waals surface area contributed by atoms with Gasteiger partial charge in [0.05, 0.1) is 0 Å². The van der Waals surface area contributed by atoms with E-state index in [1.54, 1.807) is 0 Å². The van der Waals surface area contributed by atoms with Crippen LogP contribution in [-0.2, 0) is 20.8 Å². The zero-order chi connectivity index (χ0) is 18.8. The predicted octanol–water partition coefficient (Wildman–Crippen LogP) is -3.95. The average molecular weight is 443 g/mol. The molecule has 0 rings (SSSR count). The minimum absolute atomic E-state index is 0. The first kappa shape index (κ1) is 41.9. The van der Waals surface area contributed by atoms with Gasteiger partial charge in [-0.3, -0.25) is 17.5 Å². The predicted molar refractivity (Wildman–Crippen MR) is 90.6 cm³/mol. The summed E-state index contributed by atoms with van der Waals surface area (Å²) in [5.41, 5.74) is 5.42. The van der Waals surface area contributed by atoms with E-state index in [1.165, 1.54) is 64.2 Å². The van der Waals surface area contributed by atoms with Crippen molar-refractivity contribution in [3.8, 4) is 0 Å². The molecule has 0 aromatic carbocycles. The van der Waals surface area contributed by atoms with Crippen LogP contribution in [0.4, 0.5) is 0 Å². The van der Waals surface area contributed by atoms with Crippen molar-refractivity contribution >= 4 is 20.8 Å². The third-order valence-corrected chi connectivity index (χ3v) is 2.56. The van der Waals surface area contributed by atoms with E-state index in [9.17, 15) is 0 Å². The fourth-order valence-corrected chi connectivity index (χ4v) is 1.63. The van der Waals surface area contributed by atoms with E-state index in [2.05, 4.69) is 6.92 Å². The molecule has 0 aliphatic carbocycles. The SMILES string of the molecule is CCCCCCCCCCCCN.N.O=S(=O)(O)O.O=S(=O)([O-])[O-].[Na+].[Na+]. The smallest absolute Gasteiger partial charge is 0.759 e. The summed E-state index contributed by atoms with van der Waals surface area (Å²) >= 11 is 0. The van der Waals surface area contributed by atoms with Crippen LogP contribution in [0.15, 0.2) is 0 Å². The zero-order valence-corrected chi connectivity index (χ0v) is 21.9. The van der Waals surface area contributed by atoms with Gasteiger partial charge in [-0.15, -0.1) is 0 Å². The van der Waals surface area contributed by atoms with Gasteiger partial charge in [-0.25, -0.2) is 0 Å². The molecule has 26 heavy (non-hydrogen) atoms. The summed E-state index contributed by atoms with van der Waals surface area (Å²) < 4.78 is 65.7. The van der Waals surface area contributed by atoms with Crippen LogP contribution in [-0.4, -0.2) is 41.6 Å². The average Bonchev–Trinajstić information content (AvgIpc) is 2.33. The number of unbranched alkanes of at least 4 members (excludes halogenated alkanes) is 9. The van der Waals surface area contributed by atoms with Gasteiger partial charge in [0.1, 0.15) is 0 Å². The molecule has 7 N–H and O–H groups in total. The molecule has 0 spiro atoms. The van der Waals surface area contributed by atoms with Gasteiger partial charge < -0.3 is 21.0 Å². The van der Waals surface area contributed by atoms with Gasteiger partial charge in [0, 0.05) is 10.4 Å². The van der Waals surface area contributed by atoms with E-state index in [0.29, 0.717) is 0 Å². The topological polar surface area (TPSA) is 216 Å². The normalized spacial score (nSPS) is 9.77. The molecule has 0 saturated heterocycles. The Morgan fingerprint density at radius 3 is 1.12 bits per heavy atom. The molecule has 0 amide bonds. The quantitative estimate of drug-likeness (QED) is 0.111. The molecular weight excluding hydrogens is 410 g/mol. The summed E-state index contributed by atoms with van der Waals surface area (Å²) in [5, 5.41) is 0. The third kappa shape index (κ3) is 115.